The first-order valence-corrected chi connectivity index (χ1v) is 6.18. The number of likely N-dealkylation sites (N-methyl/N-ethyl adjacent to an activating group) is 1. The van der Waals surface area contributed by atoms with Gasteiger partial charge in [0.2, 0.25) is 0 Å². The van der Waals surface area contributed by atoms with Gasteiger partial charge >= 0.3 is 0 Å². The van der Waals surface area contributed by atoms with Gasteiger partial charge in [-0.1, -0.05) is 6.07 Å². The van der Waals surface area contributed by atoms with Gasteiger partial charge in [-0.25, -0.2) is 0 Å². The first-order chi connectivity index (χ1) is 8.01. The monoisotopic (exact) mass is 302 g/mol. The molecule has 4 nitrogen and oxygen atoms in total. The lowest BCUT2D eigenvalue weighted by molar-refractivity contribution is 0.0823. The number of methoxy groups -OCH3 is 1. The van der Waals surface area contributed by atoms with Crippen molar-refractivity contribution in [1.29, 1.82) is 0 Å². The quantitative estimate of drug-likeness (QED) is 0.863. The lowest BCUT2D eigenvalue weighted by Crippen LogP contribution is -2.36. The summed E-state index contributed by atoms with van der Waals surface area (Å²) in [6.45, 7) is 0.229. The van der Waals surface area contributed by atoms with Crippen LogP contribution in [0.3, 0.4) is 0 Å². The number of aliphatic hydroxyl groups excluding tert-OH is 1. The predicted octanol–water partition coefficient (Wildman–Crippen LogP) is 1.38. The molecule has 0 spiro atoms. The molecule has 96 valence electrons. The molecule has 1 rings (SSSR count). The number of nitrogens with zero attached hydrogens (tertiary/aromatic N) is 1. The number of aliphatic hydroxyl groups is 1. The van der Waals surface area contributed by atoms with Crippen LogP contribution in [0.5, 0.6) is 5.75 Å². The van der Waals surface area contributed by atoms with Crippen LogP contribution < -0.4 is 10.5 Å². The van der Waals surface area contributed by atoms with Crippen LogP contribution in [0.2, 0.25) is 0 Å². The Labute approximate surface area is 110 Å². The Morgan fingerprint density at radius 3 is 2.53 bits per heavy atom. The summed E-state index contributed by atoms with van der Waals surface area (Å²) >= 11 is 3.44. The predicted molar refractivity (Wildman–Crippen MR) is 72.2 cm³/mol. The zero-order valence-corrected chi connectivity index (χ0v) is 11.9. The molecule has 0 aliphatic carbocycles. The van der Waals surface area contributed by atoms with Crippen LogP contribution in [-0.2, 0) is 0 Å². The van der Waals surface area contributed by atoms with E-state index in [2.05, 4.69) is 15.9 Å². The summed E-state index contributed by atoms with van der Waals surface area (Å²) in [5, 5.41) is 9.95. The van der Waals surface area contributed by atoms with Crippen LogP contribution in [0, 0.1) is 0 Å². The Bertz CT molecular complexity index is 372. The van der Waals surface area contributed by atoms with Crippen LogP contribution in [0.1, 0.15) is 11.6 Å². The largest absolute Gasteiger partial charge is 0.496 e. The third-order valence-electron chi connectivity index (χ3n) is 2.68. The van der Waals surface area contributed by atoms with Crippen LogP contribution in [-0.4, -0.2) is 43.9 Å². The Hall–Kier alpha value is -0.620. The molecule has 2 unspecified atom stereocenters. The molecule has 5 heteroatoms. The molecule has 0 aromatic heterocycles. The summed E-state index contributed by atoms with van der Waals surface area (Å²) in [5.74, 6) is 0.772. The lowest BCUT2D eigenvalue weighted by atomic mass is 10.0. The highest BCUT2D eigenvalue weighted by molar-refractivity contribution is 9.10. The fourth-order valence-electron chi connectivity index (χ4n) is 1.86. The Balaban J connectivity index is 3.07. The van der Waals surface area contributed by atoms with Gasteiger partial charge < -0.3 is 20.5 Å². The average Bonchev–Trinajstić information content (AvgIpc) is 2.28. The van der Waals surface area contributed by atoms with E-state index in [1.165, 1.54) is 0 Å². The number of rotatable bonds is 5. The Kier molecular flexibility index (Phi) is 5.39. The first-order valence-electron chi connectivity index (χ1n) is 5.39. The van der Waals surface area contributed by atoms with Crippen molar-refractivity contribution < 1.29 is 9.84 Å². The topological polar surface area (TPSA) is 58.7 Å². The minimum absolute atomic E-state index is 0.123. The summed E-state index contributed by atoms with van der Waals surface area (Å²) in [4.78, 5) is 1.95. The van der Waals surface area contributed by atoms with Gasteiger partial charge in [0.15, 0.2) is 0 Å². The highest BCUT2D eigenvalue weighted by Gasteiger charge is 2.22. The van der Waals surface area contributed by atoms with E-state index in [0.717, 1.165) is 15.8 Å². The van der Waals surface area contributed by atoms with Crippen molar-refractivity contribution in [1.82, 2.24) is 4.90 Å². The normalized spacial score (nSPS) is 14.8. The molecule has 0 aliphatic heterocycles. The second kappa shape index (κ2) is 6.35. The molecule has 17 heavy (non-hydrogen) atoms. The van der Waals surface area contributed by atoms with Crippen molar-refractivity contribution in [3.05, 3.63) is 28.2 Å². The van der Waals surface area contributed by atoms with E-state index in [9.17, 15) is 5.11 Å². The fraction of sp³-hybridized carbons (Fsp3) is 0.500. The van der Waals surface area contributed by atoms with Gasteiger partial charge in [0.05, 0.1) is 23.7 Å². The standard InChI is InChI=1S/C12H19BrN2O2/c1-15(2)12(10(16)7-14)8-4-5-11(17-3)9(13)6-8/h4-6,10,12,16H,7,14H2,1-3H3. The van der Waals surface area contributed by atoms with E-state index in [1.54, 1.807) is 7.11 Å². The molecule has 0 saturated heterocycles. The maximum Gasteiger partial charge on any atom is 0.133 e. The molecule has 0 saturated carbocycles. The van der Waals surface area contributed by atoms with Crippen LogP contribution >= 0.6 is 15.9 Å². The number of benzene rings is 1. The average molecular weight is 303 g/mol. The molecule has 0 fully saturated rings. The van der Waals surface area contributed by atoms with E-state index in [0.29, 0.717) is 0 Å². The number of nitrogens with two attached hydrogens (primary N) is 1. The van der Waals surface area contributed by atoms with Crippen LogP contribution in [0.4, 0.5) is 0 Å². The van der Waals surface area contributed by atoms with Crippen LogP contribution in [0.25, 0.3) is 0 Å². The van der Waals surface area contributed by atoms with Gasteiger partial charge in [-0.2, -0.15) is 0 Å². The summed E-state index contributed by atoms with van der Waals surface area (Å²) in [5.41, 5.74) is 6.53. The molecule has 1 aromatic rings. The summed E-state index contributed by atoms with van der Waals surface area (Å²) in [6.07, 6.45) is -0.592. The maximum absolute atomic E-state index is 9.95. The molecule has 0 amide bonds. The van der Waals surface area contributed by atoms with E-state index < -0.39 is 6.10 Å². The first kappa shape index (κ1) is 14.4. The minimum atomic E-state index is -0.592. The van der Waals surface area contributed by atoms with E-state index in [4.69, 9.17) is 10.5 Å². The zero-order chi connectivity index (χ0) is 13.0. The number of hydrogen-bond acceptors (Lipinski definition) is 4. The smallest absolute Gasteiger partial charge is 0.133 e. The second-order valence-electron chi connectivity index (χ2n) is 4.11. The SMILES string of the molecule is COc1ccc(C(C(O)CN)N(C)C)cc1Br. The fourth-order valence-corrected chi connectivity index (χ4v) is 2.42. The molecule has 3 N–H and O–H groups in total. The summed E-state index contributed by atoms with van der Waals surface area (Å²) in [6, 6.07) is 5.64. The van der Waals surface area contributed by atoms with Gasteiger partial charge in [0.1, 0.15) is 5.75 Å². The van der Waals surface area contributed by atoms with E-state index in [-0.39, 0.29) is 12.6 Å². The molecule has 0 heterocycles. The molecule has 1 aromatic carbocycles. The van der Waals surface area contributed by atoms with Crippen molar-refractivity contribution in [2.45, 2.75) is 12.1 Å². The highest BCUT2D eigenvalue weighted by Crippen LogP contribution is 2.30. The van der Waals surface area contributed by atoms with Gasteiger partial charge in [-0.3, -0.25) is 0 Å². The Morgan fingerprint density at radius 1 is 1.47 bits per heavy atom. The minimum Gasteiger partial charge on any atom is -0.496 e. The van der Waals surface area contributed by atoms with Gasteiger partial charge in [-0.15, -0.1) is 0 Å². The van der Waals surface area contributed by atoms with Crippen molar-refractivity contribution in [3.8, 4) is 5.75 Å². The van der Waals surface area contributed by atoms with Crippen LogP contribution in [0.15, 0.2) is 22.7 Å². The highest BCUT2D eigenvalue weighted by atomic mass is 79.9. The second-order valence-corrected chi connectivity index (χ2v) is 4.96. The molecule has 0 aliphatic rings. The lowest BCUT2D eigenvalue weighted by Gasteiger charge is -2.29. The number of hydrogen-bond donors (Lipinski definition) is 2. The van der Waals surface area contributed by atoms with Gasteiger partial charge in [0, 0.05) is 6.54 Å². The van der Waals surface area contributed by atoms with Crippen molar-refractivity contribution in [2.75, 3.05) is 27.7 Å². The van der Waals surface area contributed by atoms with E-state index >= 15 is 0 Å². The number of halogens is 1. The molecule has 2 atom stereocenters. The molecule has 0 radical (unpaired) electrons. The maximum atomic E-state index is 9.95. The van der Waals surface area contributed by atoms with Crippen molar-refractivity contribution >= 4 is 15.9 Å². The van der Waals surface area contributed by atoms with Gasteiger partial charge in [-0.05, 0) is 47.7 Å². The van der Waals surface area contributed by atoms with Crippen molar-refractivity contribution in [2.24, 2.45) is 5.73 Å². The third kappa shape index (κ3) is 3.42. The zero-order valence-electron chi connectivity index (χ0n) is 10.4. The van der Waals surface area contributed by atoms with E-state index in [1.807, 2.05) is 37.2 Å². The third-order valence-corrected chi connectivity index (χ3v) is 3.30. The number of ether oxygens (including phenoxy) is 1. The summed E-state index contributed by atoms with van der Waals surface area (Å²) in [7, 11) is 5.46. The van der Waals surface area contributed by atoms with Gasteiger partial charge in [0.25, 0.3) is 0 Å². The molecular weight excluding hydrogens is 284 g/mol. The summed E-state index contributed by atoms with van der Waals surface area (Å²) < 4.78 is 6.05. The van der Waals surface area contributed by atoms with Crippen molar-refractivity contribution in [3.63, 3.8) is 0 Å². The molecular formula is C12H19BrN2O2. The Morgan fingerprint density at radius 2 is 2.12 bits per heavy atom. The molecule has 0 bridgehead atoms.